The molecule has 0 aliphatic rings. The van der Waals surface area contributed by atoms with Gasteiger partial charge in [-0.2, -0.15) is 0 Å². The zero-order chi connectivity index (χ0) is 13.1. The highest BCUT2D eigenvalue weighted by Crippen LogP contribution is 2.34. The van der Waals surface area contributed by atoms with Gasteiger partial charge in [-0.3, -0.25) is 0 Å². The molecule has 1 aromatic carbocycles. The van der Waals surface area contributed by atoms with E-state index in [1.807, 2.05) is 11.4 Å². The number of methoxy groups -OCH3 is 2. The van der Waals surface area contributed by atoms with E-state index in [0.29, 0.717) is 10.8 Å². The van der Waals surface area contributed by atoms with Crippen LogP contribution in [0.2, 0.25) is 5.02 Å². The molecule has 0 bridgehead atoms. The average Bonchev–Trinajstić information content (AvgIpc) is 2.86. The largest absolute Gasteiger partial charge is 0.496 e. The lowest BCUT2D eigenvalue weighted by molar-refractivity contribution is 0.223. The van der Waals surface area contributed by atoms with Gasteiger partial charge in [0.25, 0.3) is 0 Å². The van der Waals surface area contributed by atoms with Crippen LogP contribution in [0.1, 0.15) is 16.5 Å². The summed E-state index contributed by atoms with van der Waals surface area (Å²) in [5.74, 6) is 1.34. The molecule has 1 aromatic heterocycles. The summed E-state index contributed by atoms with van der Waals surface area (Å²) in [5, 5.41) is 12.6. The Hall–Kier alpha value is -1.23. The predicted molar refractivity (Wildman–Crippen MR) is 72.9 cm³/mol. The Balaban J connectivity index is 2.27. The minimum absolute atomic E-state index is 0.484. The first-order chi connectivity index (χ1) is 8.65. The van der Waals surface area contributed by atoms with E-state index >= 15 is 0 Å². The second kappa shape index (κ2) is 5.61. The molecule has 5 heteroatoms. The van der Waals surface area contributed by atoms with Crippen molar-refractivity contribution in [2.24, 2.45) is 0 Å². The van der Waals surface area contributed by atoms with Crippen LogP contribution in [-0.4, -0.2) is 19.3 Å². The van der Waals surface area contributed by atoms with Gasteiger partial charge in [0, 0.05) is 10.3 Å². The summed E-state index contributed by atoms with van der Waals surface area (Å²) in [4.78, 5) is 0.813. The highest BCUT2D eigenvalue weighted by molar-refractivity contribution is 7.10. The molecule has 0 aliphatic heterocycles. The Morgan fingerprint density at radius 2 is 2.00 bits per heavy atom. The Kier molecular flexibility index (Phi) is 4.11. The minimum atomic E-state index is -0.706. The van der Waals surface area contributed by atoms with Crippen LogP contribution in [0.5, 0.6) is 11.5 Å². The van der Waals surface area contributed by atoms with Crippen LogP contribution in [0.15, 0.2) is 29.6 Å². The fraction of sp³-hybridized carbons (Fsp3) is 0.231. The summed E-state index contributed by atoms with van der Waals surface area (Å²) in [6.07, 6.45) is -0.706. The second-order valence-corrected chi connectivity index (χ2v) is 5.04. The lowest BCUT2D eigenvalue weighted by Crippen LogP contribution is -1.97. The number of rotatable bonds is 4. The van der Waals surface area contributed by atoms with Crippen molar-refractivity contribution >= 4 is 22.9 Å². The van der Waals surface area contributed by atoms with Gasteiger partial charge in [0.2, 0.25) is 0 Å². The zero-order valence-electron chi connectivity index (χ0n) is 10.0. The van der Waals surface area contributed by atoms with Crippen LogP contribution in [0.25, 0.3) is 0 Å². The van der Waals surface area contributed by atoms with Gasteiger partial charge < -0.3 is 14.6 Å². The van der Waals surface area contributed by atoms with Crippen molar-refractivity contribution in [1.82, 2.24) is 0 Å². The lowest BCUT2D eigenvalue weighted by Gasteiger charge is -2.11. The van der Waals surface area contributed by atoms with Crippen molar-refractivity contribution in [2.45, 2.75) is 6.10 Å². The Bertz CT molecular complexity index is 539. The second-order valence-electron chi connectivity index (χ2n) is 3.69. The Morgan fingerprint density at radius 3 is 2.56 bits per heavy atom. The summed E-state index contributed by atoms with van der Waals surface area (Å²) in [6, 6.07) is 7.05. The summed E-state index contributed by atoms with van der Waals surface area (Å²) in [7, 11) is 3.16. The van der Waals surface area contributed by atoms with Crippen LogP contribution in [0.4, 0.5) is 0 Å². The van der Waals surface area contributed by atoms with E-state index in [2.05, 4.69) is 0 Å². The van der Waals surface area contributed by atoms with E-state index in [-0.39, 0.29) is 0 Å². The number of aliphatic hydroxyl groups excluding tert-OH is 1. The number of ether oxygens (including phenoxy) is 2. The van der Waals surface area contributed by atoms with Gasteiger partial charge in [-0.25, -0.2) is 0 Å². The smallest absolute Gasteiger partial charge is 0.137 e. The summed E-state index contributed by atoms with van der Waals surface area (Å²) >= 11 is 7.48. The topological polar surface area (TPSA) is 38.7 Å². The minimum Gasteiger partial charge on any atom is -0.496 e. The first kappa shape index (κ1) is 13.2. The van der Waals surface area contributed by atoms with Crippen LogP contribution >= 0.6 is 22.9 Å². The van der Waals surface area contributed by atoms with Crippen LogP contribution in [0, 0.1) is 0 Å². The molecule has 0 amide bonds. The lowest BCUT2D eigenvalue weighted by atomic mass is 10.1. The maximum absolute atomic E-state index is 10.2. The van der Waals surface area contributed by atoms with Gasteiger partial charge in [-0.15, -0.1) is 11.3 Å². The van der Waals surface area contributed by atoms with Crippen molar-refractivity contribution in [3.63, 3.8) is 0 Å². The van der Waals surface area contributed by atoms with E-state index in [1.165, 1.54) is 11.3 Å². The molecule has 1 unspecified atom stereocenters. The van der Waals surface area contributed by atoms with E-state index in [0.717, 1.165) is 16.2 Å². The zero-order valence-corrected chi connectivity index (χ0v) is 11.6. The molecule has 0 fully saturated rings. The summed E-state index contributed by atoms with van der Waals surface area (Å²) in [5.41, 5.74) is 0.727. The average molecular weight is 285 g/mol. The third-order valence-corrected chi connectivity index (χ3v) is 3.85. The maximum Gasteiger partial charge on any atom is 0.137 e. The van der Waals surface area contributed by atoms with E-state index in [9.17, 15) is 5.11 Å². The number of hydrogen-bond acceptors (Lipinski definition) is 4. The molecule has 0 radical (unpaired) electrons. The molecule has 1 N–H and O–H groups in total. The Morgan fingerprint density at radius 1 is 1.22 bits per heavy atom. The van der Waals surface area contributed by atoms with Crippen molar-refractivity contribution in [3.05, 3.63) is 45.1 Å². The van der Waals surface area contributed by atoms with Crippen LogP contribution < -0.4 is 9.47 Å². The normalized spacial score (nSPS) is 12.2. The molecule has 2 rings (SSSR count). The molecule has 2 aromatic rings. The number of hydrogen-bond donors (Lipinski definition) is 1. The predicted octanol–water partition coefficient (Wildman–Crippen LogP) is 3.50. The highest BCUT2D eigenvalue weighted by Gasteiger charge is 2.15. The highest BCUT2D eigenvalue weighted by atomic mass is 35.5. The number of benzene rings is 1. The summed E-state index contributed by atoms with van der Waals surface area (Å²) < 4.78 is 10.2. The standard InChI is InChI=1S/C13H13ClO3S/c1-16-9-6-12(18-7-9)13(15)8-3-4-11(17-2)10(14)5-8/h3-7,13,15H,1-2H3. The van der Waals surface area contributed by atoms with Gasteiger partial charge >= 0.3 is 0 Å². The number of thiophene rings is 1. The summed E-state index contributed by atoms with van der Waals surface area (Å²) in [6.45, 7) is 0. The van der Waals surface area contributed by atoms with Gasteiger partial charge in [-0.1, -0.05) is 17.7 Å². The first-order valence-electron chi connectivity index (χ1n) is 5.29. The molecule has 0 saturated heterocycles. The monoisotopic (exact) mass is 284 g/mol. The third-order valence-electron chi connectivity index (χ3n) is 2.59. The van der Waals surface area contributed by atoms with Gasteiger partial charge in [-0.05, 0) is 23.8 Å². The molecule has 0 spiro atoms. The number of halogens is 1. The number of aliphatic hydroxyl groups is 1. The molecular weight excluding hydrogens is 272 g/mol. The molecule has 0 aliphatic carbocycles. The first-order valence-corrected chi connectivity index (χ1v) is 6.55. The van der Waals surface area contributed by atoms with E-state index in [4.69, 9.17) is 21.1 Å². The van der Waals surface area contributed by atoms with E-state index in [1.54, 1.807) is 32.4 Å². The molecule has 18 heavy (non-hydrogen) atoms. The van der Waals surface area contributed by atoms with Gasteiger partial charge in [0.05, 0.1) is 19.2 Å². The quantitative estimate of drug-likeness (QED) is 0.934. The van der Waals surface area contributed by atoms with Crippen LogP contribution in [-0.2, 0) is 0 Å². The van der Waals surface area contributed by atoms with Crippen molar-refractivity contribution in [2.75, 3.05) is 14.2 Å². The molecule has 0 saturated carbocycles. The van der Waals surface area contributed by atoms with Crippen molar-refractivity contribution < 1.29 is 14.6 Å². The molecule has 3 nitrogen and oxygen atoms in total. The molecule has 96 valence electrons. The molecular formula is C13H13ClO3S. The van der Waals surface area contributed by atoms with Crippen molar-refractivity contribution in [3.8, 4) is 11.5 Å². The van der Waals surface area contributed by atoms with Crippen molar-refractivity contribution in [1.29, 1.82) is 0 Å². The molecule has 1 atom stereocenters. The molecule has 1 heterocycles. The maximum atomic E-state index is 10.2. The van der Waals surface area contributed by atoms with Crippen LogP contribution in [0.3, 0.4) is 0 Å². The Labute approximate surface area is 115 Å². The van der Waals surface area contributed by atoms with Gasteiger partial charge in [0.1, 0.15) is 17.6 Å². The third kappa shape index (κ3) is 2.61. The fourth-order valence-electron chi connectivity index (χ4n) is 1.60. The SMILES string of the molecule is COc1csc(C(O)c2ccc(OC)c(Cl)c2)c1. The fourth-order valence-corrected chi connectivity index (χ4v) is 2.73. The van der Waals surface area contributed by atoms with Gasteiger partial charge in [0.15, 0.2) is 0 Å². The van der Waals surface area contributed by atoms with E-state index < -0.39 is 6.10 Å².